The molecule has 49 heavy (non-hydrogen) atoms. The molecule has 270 valence electrons. The summed E-state index contributed by atoms with van der Waals surface area (Å²) in [5, 5.41) is 5.26. The molecule has 2 aromatic rings. The van der Waals surface area contributed by atoms with Gasteiger partial charge in [-0.1, -0.05) is 36.9 Å². The van der Waals surface area contributed by atoms with E-state index in [1.807, 2.05) is 0 Å². The summed E-state index contributed by atoms with van der Waals surface area (Å²) < 4.78 is 54.6. The molecule has 0 aliphatic carbocycles. The summed E-state index contributed by atoms with van der Waals surface area (Å²) in [5.41, 5.74) is 2.48. The predicted octanol–water partition coefficient (Wildman–Crippen LogP) is 3.29. The second-order valence-corrected chi connectivity index (χ2v) is 13.8. The molecule has 0 heterocycles. The average Bonchev–Trinajstić information content (AvgIpc) is 3.03. The molecule has 14 nitrogen and oxygen atoms in total. The second-order valence-electron chi connectivity index (χ2n) is 12.1. The molecule has 0 aromatic heterocycles. The lowest BCUT2D eigenvalue weighted by Crippen LogP contribution is -2.47. The van der Waals surface area contributed by atoms with Gasteiger partial charge in [0.05, 0.1) is 25.5 Å². The van der Waals surface area contributed by atoms with Crippen molar-refractivity contribution in [3.05, 3.63) is 70.8 Å². The Balaban J connectivity index is 2.05. The number of aryl methyl sites for hydroxylation is 1. The third-order valence-corrected chi connectivity index (χ3v) is 8.79. The Kier molecular flexibility index (Phi) is 15.2. The highest BCUT2D eigenvalue weighted by Crippen LogP contribution is 2.30. The van der Waals surface area contributed by atoms with Crippen molar-refractivity contribution in [1.82, 2.24) is 15.4 Å². The molecule has 0 saturated carbocycles. The quantitative estimate of drug-likeness (QED) is 0.124. The fourth-order valence-electron chi connectivity index (χ4n) is 4.55. The molecule has 1 amide bonds. The number of ether oxygens (including phenoxy) is 5. The zero-order chi connectivity index (χ0) is 36.9. The van der Waals surface area contributed by atoms with Crippen LogP contribution < -0.4 is 20.1 Å². The van der Waals surface area contributed by atoms with Crippen LogP contribution in [0.15, 0.2) is 47.9 Å². The first-order chi connectivity index (χ1) is 22.9. The number of carbonyl (C=O) groups excluding carboxylic acids is 4. The van der Waals surface area contributed by atoms with Gasteiger partial charge in [0, 0.05) is 13.1 Å². The summed E-state index contributed by atoms with van der Waals surface area (Å²) in [7, 11) is -1.12. The third kappa shape index (κ3) is 12.8. The highest BCUT2D eigenvalue weighted by molar-refractivity contribution is 7.89. The van der Waals surface area contributed by atoms with Gasteiger partial charge < -0.3 is 29.0 Å². The van der Waals surface area contributed by atoms with Crippen molar-refractivity contribution in [3.63, 3.8) is 0 Å². The minimum atomic E-state index is -3.83. The zero-order valence-electron chi connectivity index (χ0n) is 29.3. The molecular weight excluding hydrogens is 658 g/mol. The SMILES string of the molecule is C=CCOC(=O)C[C@H](NC(=O)OC(C)(C)C)C(=O)OC[C@@H](NCc1ccc(CNS(=O)(=O)c2c(C)cc(OC)c(C)c2C)cc1)C(=O)OC. The van der Waals surface area contributed by atoms with E-state index in [9.17, 15) is 27.6 Å². The van der Waals surface area contributed by atoms with Crippen molar-refractivity contribution < 1.29 is 51.3 Å². The van der Waals surface area contributed by atoms with Gasteiger partial charge >= 0.3 is 24.0 Å². The molecular formula is C34H47N3O11S. The van der Waals surface area contributed by atoms with Crippen LogP contribution in [0.4, 0.5) is 4.79 Å². The highest BCUT2D eigenvalue weighted by atomic mass is 32.2. The average molecular weight is 706 g/mol. The number of rotatable bonds is 17. The van der Waals surface area contributed by atoms with E-state index in [4.69, 9.17) is 23.7 Å². The highest BCUT2D eigenvalue weighted by Gasteiger charge is 2.30. The molecule has 0 unspecified atom stereocenters. The van der Waals surface area contributed by atoms with Gasteiger partial charge in [0.15, 0.2) is 0 Å². The number of nitrogens with one attached hydrogen (secondary N) is 3. The van der Waals surface area contributed by atoms with Gasteiger partial charge in [-0.25, -0.2) is 22.7 Å². The van der Waals surface area contributed by atoms with Crippen molar-refractivity contribution in [2.45, 2.75) is 83.6 Å². The van der Waals surface area contributed by atoms with E-state index in [0.29, 0.717) is 22.4 Å². The van der Waals surface area contributed by atoms with Crippen LogP contribution in [-0.2, 0) is 56.4 Å². The van der Waals surface area contributed by atoms with E-state index in [0.717, 1.165) is 11.1 Å². The Morgan fingerprint density at radius 2 is 1.51 bits per heavy atom. The number of amides is 1. The Morgan fingerprint density at radius 3 is 2.06 bits per heavy atom. The number of hydrogen-bond acceptors (Lipinski definition) is 12. The monoisotopic (exact) mass is 705 g/mol. The Bertz CT molecular complexity index is 1600. The van der Waals surface area contributed by atoms with Gasteiger partial charge in [-0.3, -0.25) is 14.9 Å². The lowest BCUT2D eigenvalue weighted by Gasteiger charge is -2.23. The Labute approximate surface area is 287 Å². The Hall–Kier alpha value is -4.47. The van der Waals surface area contributed by atoms with Crippen molar-refractivity contribution >= 4 is 34.0 Å². The number of alkyl carbamates (subject to hydrolysis) is 1. The lowest BCUT2D eigenvalue weighted by molar-refractivity contribution is -0.155. The second kappa shape index (κ2) is 18.3. The number of sulfonamides is 1. The number of esters is 3. The van der Waals surface area contributed by atoms with E-state index in [-0.39, 0.29) is 24.6 Å². The summed E-state index contributed by atoms with van der Waals surface area (Å²) in [5.74, 6) is -1.90. The lowest BCUT2D eigenvalue weighted by atomic mass is 10.1. The summed E-state index contributed by atoms with van der Waals surface area (Å²) in [4.78, 5) is 50.1. The van der Waals surface area contributed by atoms with E-state index >= 15 is 0 Å². The van der Waals surface area contributed by atoms with Crippen LogP contribution in [0.2, 0.25) is 0 Å². The number of hydrogen-bond donors (Lipinski definition) is 3. The molecule has 0 radical (unpaired) electrons. The van der Waals surface area contributed by atoms with Gasteiger partial charge in [-0.2, -0.15) is 0 Å². The molecule has 0 fully saturated rings. The number of carbonyl (C=O) groups is 4. The predicted molar refractivity (Wildman–Crippen MR) is 180 cm³/mol. The largest absolute Gasteiger partial charge is 0.496 e. The van der Waals surface area contributed by atoms with Crippen LogP contribution in [0.1, 0.15) is 55.0 Å². The maximum Gasteiger partial charge on any atom is 0.408 e. The molecule has 0 saturated heterocycles. The topological polar surface area (TPSA) is 185 Å². The molecule has 15 heteroatoms. The fourth-order valence-corrected chi connectivity index (χ4v) is 6.09. The van der Waals surface area contributed by atoms with Crippen LogP contribution in [0.3, 0.4) is 0 Å². The molecule has 2 atom stereocenters. The third-order valence-electron chi connectivity index (χ3n) is 7.10. The molecule has 0 bridgehead atoms. The molecule has 0 aliphatic heterocycles. The summed E-state index contributed by atoms with van der Waals surface area (Å²) in [6.07, 6.45) is -0.157. The van der Waals surface area contributed by atoms with Crippen LogP contribution in [0.5, 0.6) is 5.75 Å². The van der Waals surface area contributed by atoms with Crippen LogP contribution in [0.25, 0.3) is 0 Å². The molecule has 3 N–H and O–H groups in total. The summed E-state index contributed by atoms with van der Waals surface area (Å²) in [6, 6.07) is 6.11. The number of methoxy groups -OCH3 is 2. The normalized spacial score (nSPS) is 12.7. The van der Waals surface area contributed by atoms with Gasteiger partial charge in [0.2, 0.25) is 10.0 Å². The van der Waals surface area contributed by atoms with E-state index in [2.05, 4.69) is 21.9 Å². The zero-order valence-corrected chi connectivity index (χ0v) is 30.1. The first-order valence-electron chi connectivity index (χ1n) is 15.4. The Morgan fingerprint density at radius 1 is 0.898 bits per heavy atom. The van der Waals surface area contributed by atoms with Crippen molar-refractivity contribution in [3.8, 4) is 5.75 Å². The van der Waals surface area contributed by atoms with Crippen molar-refractivity contribution in [2.75, 3.05) is 27.4 Å². The van der Waals surface area contributed by atoms with E-state index in [1.54, 1.807) is 71.9 Å². The van der Waals surface area contributed by atoms with Crippen molar-refractivity contribution in [2.24, 2.45) is 0 Å². The van der Waals surface area contributed by atoms with Gasteiger partial charge in [0.1, 0.15) is 36.6 Å². The standard InChI is InChI=1S/C34H47N3O11S/c1-10-15-46-29(38)17-26(37-33(41)48-34(5,6)7)32(40)47-20-27(31(39)45-9)35-18-24-11-13-25(14-12-24)19-36-49(42,43)30-21(2)16-28(44-8)22(3)23(30)4/h10-14,16,26-27,35-36H,1,15,17-20H2,2-9H3,(H,37,41)/t26-,27+/m0/s1. The molecule has 0 spiro atoms. The first kappa shape index (κ1) is 40.7. The first-order valence-corrected chi connectivity index (χ1v) is 16.9. The summed E-state index contributed by atoms with van der Waals surface area (Å²) >= 11 is 0. The van der Waals surface area contributed by atoms with Gasteiger partial charge in [-0.15, -0.1) is 0 Å². The van der Waals surface area contributed by atoms with E-state index in [1.165, 1.54) is 20.3 Å². The van der Waals surface area contributed by atoms with Crippen LogP contribution in [0, 0.1) is 20.8 Å². The van der Waals surface area contributed by atoms with Crippen molar-refractivity contribution in [1.29, 1.82) is 0 Å². The smallest absolute Gasteiger partial charge is 0.408 e. The molecule has 0 aliphatic rings. The number of benzene rings is 2. The van der Waals surface area contributed by atoms with Crippen LogP contribution in [-0.4, -0.2) is 77.5 Å². The molecule has 2 rings (SSSR count). The van der Waals surface area contributed by atoms with E-state index < -0.39 is 64.7 Å². The van der Waals surface area contributed by atoms with Gasteiger partial charge in [-0.05, 0) is 75.4 Å². The minimum Gasteiger partial charge on any atom is -0.496 e. The summed E-state index contributed by atoms with van der Waals surface area (Å²) in [6.45, 7) is 13.2. The van der Waals surface area contributed by atoms with Gasteiger partial charge in [0.25, 0.3) is 0 Å². The molecule has 2 aromatic carbocycles. The minimum absolute atomic E-state index is 0.0420. The van der Waals surface area contributed by atoms with Crippen LogP contribution >= 0.6 is 0 Å². The fraction of sp³-hybridized carbons (Fsp3) is 0.471. The maximum absolute atomic E-state index is 13.2. The maximum atomic E-state index is 13.2.